The van der Waals surface area contributed by atoms with Crippen molar-refractivity contribution < 1.29 is 9.22 Å². The Morgan fingerprint density at radius 2 is 1.44 bits per heavy atom. The molecule has 1 saturated carbocycles. The third-order valence-corrected chi connectivity index (χ3v) is 10.5. The molecule has 0 aromatic heterocycles. The molecule has 0 heterocycles. The van der Waals surface area contributed by atoms with Crippen LogP contribution in [0.3, 0.4) is 0 Å². The zero-order valence-corrected chi connectivity index (χ0v) is 16.4. The lowest BCUT2D eigenvalue weighted by atomic mass is 9.81. The number of carbonyl (C=O) groups excluding carboxylic acids is 1. The molecule has 3 heteroatoms. The predicted molar refractivity (Wildman–Crippen MR) is 106 cm³/mol. The van der Waals surface area contributed by atoms with Crippen LogP contribution in [0, 0.1) is 5.92 Å². The summed E-state index contributed by atoms with van der Waals surface area (Å²) in [5.41, 5.74) is 0. The number of aldehydes is 1. The fraction of sp³-hybridized carbons (Fsp3) is 0.409. The molecular formula is C22H28O2Si. The number of rotatable bonds is 6. The third kappa shape index (κ3) is 3.49. The molecule has 1 fully saturated rings. The van der Waals surface area contributed by atoms with Gasteiger partial charge >= 0.3 is 0 Å². The highest BCUT2D eigenvalue weighted by Gasteiger charge is 2.52. The van der Waals surface area contributed by atoms with Crippen LogP contribution in [-0.2, 0) is 9.22 Å². The van der Waals surface area contributed by atoms with Crippen molar-refractivity contribution in [1.82, 2.24) is 0 Å². The normalized spacial score (nSPS) is 20.8. The van der Waals surface area contributed by atoms with Gasteiger partial charge in [-0.1, -0.05) is 81.4 Å². The van der Waals surface area contributed by atoms with Crippen LogP contribution < -0.4 is 10.4 Å². The second kappa shape index (κ2) is 7.26. The van der Waals surface area contributed by atoms with E-state index >= 15 is 0 Å². The Morgan fingerprint density at radius 3 is 1.84 bits per heavy atom. The lowest BCUT2D eigenvalue weighted by Gasteiger charge is -2.48. The first-order valence-electron chi connectivity index (χ1n) is 9.20. The van der Waals surface area contributed by atoms with Gasteiger partial charge in [0.1, 0.15) is 6.29 Å². The average molecular weight is 353 g/mol. The molecule has 0 aliphatic heterocycles. The molecule has 132 valence electrons. The highest BCUT2D eigenvalue weighted by Crippen LogP contribution is 2.42. The molecule has 1 aliphatic rings. The van der Waals surface area contributed by atoms with Gasteiger partial charge in [0.2, 0.25) is 0 Å². The average Bonchev–Trinajstić information content (AvgIpc) is 2.57. The quantitative estimate of drug-likeness (QED) is 0.582. The van der Waals surface area contributed by atoms with Gasteiger partial charge in [-0.15, -0.1) is 0 Å². The molecule has 1 aliphatic carbocycles. The summed E-state index contributed by atoms with van der Waals surface area (Å²) in [6.45, 7) is 6.92. The molecular weight excluding hydrogens is 324 g/mol. The summed E-state index contributed by atoms with van der Waals surface area (Å²) >= 11 is 0. The minimum atomic E-state index is -2.42. The Labute approximate surface area is 152 Å². The third-order valence-electron chi connectivity index (χ3n) is 5.38. The minimum Gasteiger partial charge on any atom is -0.404 e. The van der Waals surface area contributed by atoms with E-state index in [4.69, 9.17) is 4.43 Å². The maximum absolute atomic E-state index is 10.8. The summed E-state index contributed by atoms with van der Waals surface area (Å²) in [5, 5.41) is 2.67. The molecule has 0 unspecified atom stereocenters. The Hall–Kier alpha value is -1.71. The molecule has 0 saturated heterocycles. The summed E-state index contributed by atoms with van der Waals surface area (Å²) in [6, 6.07) is 21.5. The van der Waals surface area contributed by atoms with Crippen LogP contribution in [0.1, 0.15) is 40.0 Å². The molecule has 3 rings (SSSR count). The van der Waals surface area contributed by atoms with Crippen molar-refractivity contribution in [3.05, 3.63) is 60.7 Å². The van der Waals surface area contributed by atoms with Gasteiger partial charge in [-0.05, 0) is 34.2 Å². The van der Waals surface area contributed by atoms with Crippen LogP contribution >= 0.6 is 0 Å². The van der Waals surface area contributed by atoms with Gasteiger partial charge in [0, 0.05) is 12.5 Å². The van der Waals surface area contributed by atoms with Crippen LogP contribution in [0.15, 0.2) is 60.7 Å². The number of hydrogen-bond donors (Lipinski definition) is 0. The van der Waals surface area contributed by atoms with E-state index in [1.54, 1.807) is 0 Å². The van der Waals surface area contributed by atoms with Gasteiger partial charge < -0.3 is 9.22 Å². The molecule has 0 bridgehead atoms. The van der Waals surface area contributed by atoms with E-state index in [0.29, 0.717) is 12.3 Å². The van der Waals surface area contributed by atoms with Crippen molar-refractivity contribution in [1.29, 1.82) is 0 Å². The molecule has 2 aromatic carbocycles. The van der Waals surface area contributed by atoms with E-state index in [9.17, 15) is 4.79 Å². The van der Waals surface area contributed by atoms with Gasteiger partial charge in [0.25, 0.3) is 8.32 Å². The van der Waals surface area contributed by atoms with Gasteiger partial charge in [-0.3, -0.25) is 0 Å². The van der Waals surface area contributed by atoms with Crippen LogP contribution in [0.5, 0.6) is 0 Å². The van der Waals surface area contributed by atoms with Gasteiger partial charge in [0.15, 0.2) is 0 Å². The van der Waals surface area contributed by atoms with Crippen LogP contribution in [0.4, 0.5) is 0 Å². The lowest BCUT2D eigenvalue weighted by molar-refractivity contribution is -0.109. The number of carbonyl (C=O) groups is 1. The minimum absolute atomic E-state index is 0.0193. The maximum atomic E-state index is 10.8. The molecule has 0 atom stereocenters. The number of hydrogen-bond acceptors (Lipinski definition) is 2. The zero-order chi connectivity index (χ0) is 17.9. The van der Waals surface area contributed by atoms with E-state index in [0.717, 1.165) is 19.1 Å². The van der Waals surface area contributed by atoms with Crippen LogP contribution in [-0.4, -0.2) is 20.7 Å². The van der Waals surface area contributed by atoms with Gasteiger partial charge in [0.05, 0.1) is 0 Å². The monoisotopic (exact) mass is 352 g/mol. The summed E-state index contributed by atoms with van der Waals surface area (Å²) in [6.07, 6.45) is 3.98. The summed E-state index contributed by atoms with van der Waals surface area (Å²) in [4.78, 5) is 10.8. The second-order valence-corrected chi connectivity index (χ2v) is 12.4. The summed E-state index contributed by atoms with van der Waals surface area (Å²) in [7, 11) is -2.42. The van der Waals surface area contributed by atoms with Crippen molar-refractivity contribution in [2.45, 2.75) is 51.2 Å². The largest absolute Gasteiger partial charge is 0.404 e. The second-order valence-electron chi connectivity index (χ2n) is 8.14. The van der Waals surface area contributed by atoms with E-state index in [-0.39, 0.29) is 11.1 Å². The molecule has 25 heavy (non-hydrogen) atoms. The van der Waals surface area contributed by atoms with Crippen LogP contribution in [0.25, 0.3) is 0 Å². The molecule has 2 aromatic rings. The summed E-state index contributed by atoms with van der Waals surface area (Å²) < 4.78 is 7.01. The van der Waals surface area contributed by atoms with Crippen molar-refractivity contribution in [2.75, 3.05) is 0 Å². The molecule has 0 amide bonds. The fourth-order valence-corrected chi connectivity index (χ4v) is 8.75. The Kier molecular flexibility index (Phi) is 5.26. The molecule has 0 spiro atoms. The summed E-state index contributed by atoms with van der Waals surface area (Å²) in [5.74, 6) is 0.501. The Morgan fingerprint density at radius 1 is 0.960 bits per heavy atom. The standard InChI is InChI=1S/C22H28O2Si/c1-22(2,3)25(20-10-6-4-7-11-20,21-12-8-5-9-13-21)24-19-16-18(17-19)14-15-23/h4-13,15,18-19H,14,16-17H2,1-3H3. The smallest absolute Gasteiger partial charge is 0.261 e. The first-order valence-corrected chi connectivity index (χ1v) is 11.1. The van der Waals surface area contributed by atoms with Crippen molar-refractivity contribution >= 4 is 25.0 Å². The van der Waals surface area contributed by atoms with E-state index in [1.807, 2.05) is 0 Å². The SMILES string of the molecule is CC(C)(C)[Si](OC1CC(CC=O)C1)(c1ccccc1)c1ccccc1. The Bertz CT molecular complexity index is 645. The van der Waals surface area contributed by atoms with E-state index in [2.05, 4.69) is 81.4 Å². The highest BCUT2D eigenvalue weighted by atomic mass is 28.4. The zero-order valence-electron chi connectivity index (χ0n) is 15.4. The molecule has 0 radical (unpaired) electrons. The van der Waals surface area contributed by atoms with Gasteiger partial charge in [-0.2, -0.15) is 0 Å². The van der Waals surface area contributed by atoms with Crippen molar-refractivity contribution in [2.24, 2.45) is 5.92 Å². The topological polar surface area (TPSA) is 26.3 Å². The predicted octanol–water partition coefficient (Wildman–Crippen LogP) is 3.93. The highest BCUT2D eigenvalue weighted by molar-refractivity contribution is 6.99. The first-order chi connectivity index (χ1) is 12.0. The molecule has 2 nitrogen and oxygen atoms in total. The van der Waals surface area contributed by atoms with Crippen molar-refractivity contribution in [3.63, 3.8) is 0 Å². The molecule has 0 N–H and O–H groups in total. The Balaban J connectivity index is 2.02. The van der Waals surface area contributed by atoms with Crippen LogP contribution in [0.2, 0.25) is 5.04 Å². The van der Waals surface area contributed by atoms with Gasteiger partial charge in [-0.25, -0.2) is 0 Å². The number of benzene rings is 2. The fourth-order valence-electron chi connectivity index (χ4n) is 4.04. The van der Waals surface area contributed by atoms with Crippen molar-refractivity contribution in [3.8, 4) is 0 Å². The van der Waals surface area contributed by atoms with E-state index < -0.39 is 8.32 Å². The lowest BCUT2D eigenvalue weighted by Crippen LogP contribution is -2.68. The van der Waals surface area contributed by atoms with E-state index in [1.165, 1.54) is 10.4 Å². The first kappa shape index (κ1) is 18.1. The maximum Gasteiger partial charge on any atom is 0.261 e.